The third-order valence-electron chi connectivity index (χ3n) is 10.9. The van der Waals surface area contributed by atoms with Crippen molar-refractivity contribution in [3.05, 3.63) is 12.3 Å². The molecule has 5 nitrogen and oxygen atoms in total. The topological polar surface area (TPSA) is 42.0 Å². The van der Waals surface area contributed by atoms with Crippen LogP contribution >= 0.6 is 0 Å². The van der Waals surface area contributed by atoms with Gasteiger partial charge in [0.2, 0.25) is 0 Å². The molecule has 0 spiro atoms. The van der Waals surface area contributed by atoms with Crippen LogP contribution in [0.4, 0.5) is 0 Å². The van der Waals surface area contributed by atoms with Gasteiger partial charge in [-0.1, -0.05) is 181 Å². The summed E-state index contributed by atoms with van der Waals surface area (Å²) in [7, 11) is 4.37. The second-order valence-electron chi connectivity index (χ2n) is 16.4. The highest BCUT2D eigenvalue weighted by atomic mass is 16.5. The largest absolute Gasteiger partial charge is 0.499 e. The third kappa shape index (κ3) is 37.3. The van der Waals surface area contributed by atoms with Crippen LogP contribution in [0, 0.1) is 5.92 Å². The first-order chi connectivity index (χ1) is 25.4. The molecule has 0 unspecified atom stereocenters. The molecular formula is C47H94N2O3. The smallest absolute Gasteiger partial charge is 0.308 e. The van der Waals surface area contributed by atoms with Crippen molar-refractivity contribution in [2.75, 3.05) is 53.5 Å². The summed E-state index contributed by atoms with van der Waals surface area (Å²) in [6, 6.07) is 0. The number of carbonyl (C=O) groups is 1. The van der Waals surface area contributed by atoms with E-state index in [9.17, 15) is 4.79 Å². The molecule has 52 heavy (non-hydrogen) atoms. The second-order valence-corrected chi connectivity index (χ2v) is 16.4. The molecule has 0 aliphatic heterocycles. The quantitative estimate of drug-likeness (QED) is 0.0354. The van der Waals surface area contributed by atoms with Gasteiger partial charge in [0.25, 0.3) is 0 Å². The van der Waals surface area contributed by atoms with E-state index in [1.54, 1.807) is 0 Å². The number of esters is 1. The lowest BCUT2D eigenvalue weighted by molar-refractivity contribution is -0.149. The molecule has 0 saturated heterocycles. The Hall–Kier alpha value is -1.07. The van der Waals surface area contributed by atoms with Crippen molar-refractivity contribution in [3.8, 4) is 0 Å². The fourth-order valence-corrected chi connectivity index (χ4v) is 7.19. The zero-order chi connectivity index (χ0) is 38.2. The first-order valence-corrected chi connectivity index (χ1v) is 23.3. The zero-order valence-corrected chi connectivity index (χ0v) is 36.3. The van der Waals surface area contributed by atoms with Crippen LogP contribution in [-0.2, 0) is 14.3 Å². The van der Waals surface area contributed by atoms with Crippen molar-refractivity contribution in [3.63, 3.8) is 0 Å². The number of hydrogen-bond donors (Lipinski definition) is 0. The summed E-state index contributed by atoms with van der Waals surface area (Å²) in [5, 5.41) is 0. The van der Waals surface area contributed by atoms with Crippen molar-refractivity contribution >= 4 is 5.97 Å². The minimum absolute atomic E-state index is 0.0900. The number of rotatable bonds is 43. The van der Waals surface area contributed by atoms with E-state index < -0.39 is 0 Å². The summed E-state index contributed by atoms with van der Waals surface area (Å²) in [5.74, 6) is 1.20. The van der Waals surface area contributed by atoms with Gasteiger partial charge >= 0.3 is 5.97 Å². The van der Waals surface area contributed by atoms with E-state index in [1.165, 1.54) is 193 Å². The highest BCUT2D eigenvalue weighted by Crippen LogP contribution is 2.21. The van der Waals surface area contributed by atoms with Crippen molar-refractivity contribution in [2.24, 2.45) is 5.92 Å². The lowest BCUT2D eigenvalue weighted by Gasteiger charge is -2.24. The lowest BCUT2D eigenvalue weighted by Crippen LogP contribution is -2.33. The molecule has 0 bridgehead atoms. The average Bonchev–Trinajstić information content (AvgIpc) is 3.13. The Morgan fingerprint density at radius 1 is 0.462 bits per heavy atom. The van der Waals surface area contributed by atoms with Crippen LogP contribution in [-0.4, -0.2) is 69.3 Å². The molecule has 5 heteroatoms. The predicted octanol–water partition coefficient (Wildman–Crippen LogP) is 14.1. The van der Waals surface area contributed by atoms with Gasteiger partial charge < -0.3 is 19.3 Å². The molecule has 0 heterocycles. The van der Waals surface area contributed by atoms with Gasteiger partial charge in [0, 0.05) is 19.5 Å². The first-order valence-electron chi connectivity index (χ1n) is 23.3. The standard InChI is InChI=1S/C47H94N2O3/c1-7-10-13-16-19-27-34-43-51-45(4)36-29-22-20-25-32-39-49(42-41-48(5)6)40-33-26-21-28-35-44-52-47(50)46(37-30-23-17-14-11-8-2)38-31-24-18-15-12-9-3/h46H,4,7-44H2,1-3,5-6H3. The Labute approximate surface area is 327 Å². The van der Waals surface area contributed by atoms with Gasteiger partial charge in [0.15, 0.2) is 0 Å². The van der Waals surface area contributed by atoms with Crippen LogP contribution in [0.1, 0.15) is 226 Å². The Kier molecular flexibility index (Phi) is 40.3. The Bertz CT molecular complexity index is 726. The summed E-state index contributed by atoms with van der Waals surface area (Å²) >= 11 is 0. The number of carbonyl (C=O) groups excluding carboxylic acids is 1. The molecule has 0 aromatic rings. The highest BCUT2D eigenvalue weighted by Gasteiger charge is 2.19. The van der Waals surface area contributed by atoms with Gasteiger partial charge in [-0.05, 0) is 72.1 Å². The predicted molar refractivity (Wildman–Crippen MR) is 229 cm³/mol. The molecule has 0 radical (unpaired) electrons. The van der Waals surface area contributed by atoms with E-state index in [0.29, 0.717) is 6.61 Å². The van der Waals surface area contributed by atoms with E-state index in [0.717, 1.165) is 51.1 Å². The van der Waals surface area contributed by atoms with Gasteiger partial charge in [0.05, 0.1) is 24.9 Å². The molecule has 0 aromatic carbocycles. The van der Waals surface area contributed by atoms with Crippen LogP contribution in [0.2, 0.25) is 0 Å². The Balaban J connectivity index is 4.10. The monoisotopic (exact) mass is 735 g/mol. The second kappa shape index (κ2) is 41.1. The maximum Gasteiger partial charge on any atom is 0.308 e. The van der Waals surface area contributed by atoms with Crippen molar-refractivity contribution in [1.82, 2.24) is 9.80 Å². The van der Waals surface area contributed by atoms with Crippen LogP contribution in [0.3, 0.4) is 0 Å². The summed E-state index contributed by atoms with van der Waals surface area (Å²) in [6.45, 7) is 17.2. The van der Waals surface area contributed by atoms with E-state index in [2.05, 4.69) is 51.2 Å². The van der Waals surface area contributed by atoms with Crippen molar-refractivity contribution in [1.29, 1.82) is 0 Å². The van der Waals surface area contributed by atoms with Crippen LogP contribution < -0.4 is 0 Å². The Morgan fingerprint density at radius 2 is 0.846 bits per heavy atom. The number of unbranched alkanes of at least 4 members (excludes halogenated alkanes) is 24. The molecule has 0 atom stereocenters. The van der Waals surface area contributed by atoms with Gasteiger partial charge in [-0.2, -0.15) is 0 Å². The number of ether oxygens (including phenoxy) is 2. The maximum atomic E-state index is 13.0. The SMILES string of the molecule is C=C(CCCCCCCN(CCCCCCCOC(=O)C(CCCCCCCC)CCCCCCCC)CCN(C)C)OCCCCCCCCC. The lowest BCUT2D eigenvalue weighted by atomic mass is 9.94. The zero-order valence-electron chi connectivity index (χ0n) is 36.3. The Morgan fingerprint density at radius 3 is 1.31 bits per heavy atom. The summed E-state index contributed by atoms with van der Waals surface area (Å²) < 4.78 is 11.7. The minimum Gasteiger partial charge on any atom is -0.499 e. The summed E-state index contributed by atoms with van der Waals surface area (Å²) in [5.41, 5.74) is 0. The number of likely N-dealkylation sites (N-methyl/N-ethyl adjacent to an activating group) is 1. The van der Waals surface area contributed by atoms with Gasteiger partial charge in [-0.15, -0.1) is 0 Å². The van der Waals surface area contributed by atoms with E-state index >= 15 is 0 Å². The van der Waals surface area contributed by atoms with Gasteiger partial charge in [-0.25, -0.2) is 0 Å². The number of hydrogen-bond acceptors (Lipinski definition) is 5. The molecule has 0 aliphatic carbocycles. The molecule has 0 amide bonds. The van der Waals surface area contributed by atoms with E-state index in [4.69, 9.17) is 9.47 Å². The van der Waals surface area contributed by atoms with Crippen molar-refractivity contribution in [2.45, 2.75) is 226 Å². The first kappa shape index (κ1) is 50.9. The normalized spacial score (nSPS) is 11.7. The third-order valence-corrected chi connectivity index (χ3v) is 10.9. The van der Waals surface area contributed by atoms with Crippen molar-refractivity contribution < 1.29 is 14.3 Å². The molecule has 310 valence electrons. The van der Waals surface area contributed by atoms with Crippen LogP contribution in [0.15, 0.2) is 12.3 Å². The van der Waals surface area contributed by atoms with Crippen LogP contribution in [0.25, 0.3) is 0 Å². The molecule has 0 saturated carbocycles. The maximum absolute atomic E-state index is 13.0. The summed E-state index contributed by atoms with van der Waals surface area (Å²) in [6.07, 6.45) is 40.2. The number of nitrogens with zero attached hydrogens (tertiary/aromatic N) is 2. The average molecular weight is 735 g/mol. The van der Waals surface area contributed by atoms with E-state index in [1.807, 2.05) is 0 Å². The van der Waals surface area contributed by atoms with Gasteiger partial charge in [-0.3, -0.25) is 4.79 Å². The minimum atomic E-state index is 0.0900. The fourth-order valence-electron chi connectivity index (χ4n) is 7.19. The molecule has 0 aliphatic rings. The van der Waals surface area contributed by atoms with Gasteiger partial charge in [0.1, 0.15) is 0 Å². The summed E-state index contributed by atoms with van der Waals surface area (Å²) in [4.78, 5) is 18.0. The fraction of sp³-hybridized carbons (Fsp3) is 0.936. The molecular weight excluding hydrogens is 641 g/mol. The van der Waals surface area contributed by atoms with Crippen LogP contribution in [0.5, 0.6) is 0 Å². The molecule has 0 rings (SSSR count). The molecule has 0 fully saturated rings. The highest BCUT2D eigenvalue weighted by molar-refractivity contribution is 5.72. The molecule has 0 aromatic heterocycles. The number of allylic oxidation sites excluding steroid dienone is 1. The van der Waals surface area contributed by atoms with E-state index in [-0.39, 0.29) is 11.9 Å². The molecule has 0 N–H and O–H groups in total.